The number of aromatic nitrogens is 2. The Morgan fingerprint density at radius 2 is 1.90 bits per heavy atom. The number of carbonyl (C=O) groups excluding carboxylic acids is 1. The first-order valence-electron chi connectivity index (χ1n) is 8.98. The lowest BCUT2D eigenvalue weighted by molar-refractivity contribution is 0.202. The number of nitrogens with one attached hydrogen (secondary N) is 2. The first-order chi connectivity index (χ1) is 13.7. The highest BCUT2D eigenvalue weighted by atomic mass is 32.2. The van der Waals surface area contributed by atoms with E-state index in [2.05, 4.69) is 26.5 Å². The number of amides is 2. The number of hydrogen-bond donors (Lipinski definition) is 4. The van der Waals surface area contributed by atoms with Crippen LogP contribution in [0.3, 0.4) is 0 Å². The van der Waals surface area contributed by atoms with Gasteiger partial charge in [0.15, 0.2) is 5.82 Å². The summed E-state index contributed by atoms with van der Waals surface area (Å²) in [6, 6.07) is 8.35. The molecule has 0 saturated carbocycles. The lowest BCUT2D eigenvalue weighted by atomic mass is 10.2. The molecule has 0 spiro atoms. The molecule has 0 aliphatic rings. The third kappa shape index (κ3) is 7.33. The molecule has 1 aromatic heterocycles. The summed E-state index contributed by atoms with van der Waals surface area (Å²) in [6.07, 6.45) is 1.57. The minimum absolute atomic E-state index is 0.0480. The number of aliphatic hydroxyl groups excluding tert-OH is 2. The maximum Gasteiger partial charge on any atom is 0.321 e. The number of nitrogens with zero attached hydrogens (tertiary/aromatic N) is 3. The van der Waals surface area contributed by atoms with E-state index >= 15 is 0 Å². The minimum atomic E-state index is -2.28. The molecule has 0 radical (unpaired) electrons. The molecule has 1 unspecified atom stereocenters. The number of carbonyl (C=O) groups is 1. The van der Waals surface area contributed by atoms with E-state index in [1.54, 1.807) is 43.6 Å². The molecular formula is C19H27N5O4S. The van der Waals surface area contributed by atoms with Crippen molar-refractivity contribution in [1.82, 2.24) is 14.9 Å². The molecular weight excluding hydrogens is 394 g/mol. The number of benzene rings is 1. The molecule has 2 rings (SSSR count). The summed E-state index contributed by atoms with van der Waals surface area (Å²) in [5.41, 5.74) is 1.89. The summed E-state index contributed by atoms with van der Waals surface area (Å²) in [5.74, 6) is 4.83. The van der Waals surface area contributed by atoms with Crippen molar-refractivity contribution < 1.29 is 19.2 Å². The fourth-order valence-electron chi connectivity index (χ4n) is 2.46. The monoisotopic (exact) mass is 421 g/mol. The molecule has 158 valence electrons. The van der Waals surface area contributed by atoms with Crippen molar-refractivity contribution in [2.24, 2.45) is 0 Å². The van der Waals surface area contributed by atoms with E-state index in [1.807, 2.05) is 0 Å². The summed E-state index contributed by atoms with van der Waals surface area (Å²) >= 11 is 0. The molecule has 29 heavy (non-hydrogen) atoms. The van der Waals surface area contributed by atoms with E-state index in [1.165, 1.54) is 4.90 Å². The lowest BCUT2D eigenvalue weighted by Crippen LogP contribution is -2.33. The van der Waals surface area contributed by atoms with Crippen LogP contribution < -0.4 is 10.6 Å². The van der Waals surface area contributed by atoms with Crippen molar-refractivity contribution >= 4 is 32.9 Å². The van der Waals surface area contributed by atoms with Crippen LogP contribution in [0, 0.1) is 0 Å². The predicted molar refractivity (Wildman–Crippen MR) is 117 cm³/mol. The van der Waals surface area contributed by atoms with Gasteiger partial charge in [0.25, 0.3) is 0 Å². The van der Waals surface area contributed by atoms with Crippen LogP contribution in [0.1, 0.15) is 5.69 Å². The minimum Gasteiger partial charge on any atom is -0.395 e. The van der Waals surface area contributed by atoms with E-state index in [9.17, 15) is 9.00 Å². The highest BCUT2D eigenvalue weighted by Crippen LogP contribution is 2.21. The second-order valence-corrected chi connectivity index (χ2v) is 9.36. The van der Waals surface area contributed by atoms with Crippen molar-refractivity contribution in [3.8, 4) is 11.4 Å². The van der Waals surface area contributed by atoms with Gasteiger partial charge in [-0.3, -0.25) is 4.21 Å². The Labute approximate surface area is 170 Å². The average Bonchev–Trinajstić information content (AvgIpc) is 2.65. The van der Waals surface area contributed by atoms with Crippen molar-refractivity contribution in [3.63, 3.8) is 0 Å². The summed E-state index contributed by atoms with van der Waals surface area (Å²) < 4.78 is 12.1. The molecule has 0 saturated heterocycles. The smallest absolute Gasteiger partial charge is 0.321 e. The molecule has 0 aliphatic heterocycles. The Morgan fingerprint density at radius 3 is 2.48 bits per heavy atom. The largest absolute Gasteiger partial charge is 0.395 e. The van der Waals surface area contributed by atoms with Gasteiger partial charge < -0.3 is 25.7 Å². The molecule has 2 aromatic rings. The van der Waals surface area contributed by atoms with Crippen LogP contribution in [-0.4, -0.2) is 80.8 Å². The van der Waals surface area contributed by atoms with Gasteiger partial charge >= 0.3 is 6.03 Å². The second kappa shape index (κ2) is 10.2. The van der Waals surface area contributed by atoms with Crippen LogP contribution in [0.25, 0.3) is 11.4 Å². The topological polar surface area (TPSA) is 128 Å². The van der Waals surface area contributed by atoms with Gasteiger partial charge in [0.1, 0.15) is 5.82 Å². The highest BCUT2D eigenvalue weighted by Gasteiger charge is 2.11. The highest BCUT2D eigenvalue weighted by molar-refractivity contribution is 7.98. The Bertz CT molecular complexity index is 932. The summed E-state index contributed by atoms with van der Waals surface area (Å²) in [6.45, 7) is 0.406. The fraction of sp³-hybridized carbons (Fsp3) is 0.368. The Hall–Kier alpha value is -2.69. The molecule has 0 fully saturated rings. The number of rotatable bonds is 9. The van der Waals surface area contributed by atoms with Gasteiger partial charge in [0.05, 0.1) is 24.7 Å². The molecule has 1 heterocycles. The van der Waals surface area contributed by atoms with E-state index in [0.717, 1.165) is 0 Å². The maximum atomic E-state index is 12.1. The summed E-state index contributed by atoms with van der Waals surface area (Å²) in [7, 11) is -0.692. The summed E-state index contributed by atoms with van der Waals surface area (Å²) in [4.78, 5) is 22.3. The zero-order valence-corrected chi connectivity index (χ0v) is 17.4. The van der Waals surface area contributed by atoms with Crippen LogP contribution in [0.15, 0.2) is 30.3 Å². The van der Waals surface area contributed by atoms with E-state index in [0.29, 0.717) is 35.1 Å². The summed E-state index contributed by atoms with van der Waals surface area (Å²) in [5, 5.41) is 23.7. The van der Waals surface area contributed by atoms with E-state index < -0.39 is 9.52 Å². The Kier molecular flexibility index (Phi) is 7.94. The van der Waals surface area contributed by atoms with Gasteiger partial charge in [-0.05, 0) is 39.7 Å². The molecule has 4 N–H and O–H groups in total. The standard InChI is InChI=1S/C19H27N5O4S/c1-24(9-11-26)19(27)22-15-6-4-14(5-7-15)18-21-16(13-29(2,3)28)12-17(23-18)20-8-10-25/h4-7,12,25-26H,2,8-11,13H2,1,3H3,(H,22,27)(H,20,21,23). The zero-order valence-electron chi connectivity index (χ0n) is 16.6. The normalized spacial score (nSPS) is 12.8. The Morgan fingerprint density at radius 1 is 1.21 bits per heavy atom. The molecule has 2 amide bonds. The van der Waals surface area contributed by atoms with E-state index in [4.69, 9.17) is 10.2 Å². The molecule has 9 nitrogen and oxygen atoms in total. The van der Waals surface area contributed by atoms with Crippen LogP contribution in [0.2, 0.25) is 0 Å². The van der Waals surface area contributed by atoms with Crippen LogP contribution >= 0.6 is 0 Å². The average molecular weight is 422 g/mol. The third-order valence-corrected chi connectivity index (χ3v) is 4.73. The van der Waals surface area contributed by atoms with Gasteiger partial charge in [0.2, 0.25) is 0 Å². The lowest BCUT2D eigenvalue weighted by Gasteiger charge is -2.16. The number of aliphatic hydroxyl groups is 2. The quantitative estimate of drug-likeness (QED) is 0.442. The van der Waals surface area contributed by atoms with Crippen molar-refractivity contribution in [2.45, 2.75) is 5.75 Å². The van der Waals surface area contributed by atoms with Gasteiger partial charge in [-0.25, -0.2) is 14.8 Å². The van der Waals surface area contributed by atoms with Crippen LogP contribution in [0.5, 0.6) is 0 Å². The Balaban J connectivity index is 2.25. The third-order valence-electron chi connectivity index (χ3n) is 3.83. The van der Waals surface area contributed by atoms with Crippen LogP contribution in [-0.2, 0) is 15.3 Å². The van der Waals surface area contributed by atoms with Gasteiger partial charge in [0, 0.05) is 43.7 Å². The first-order valence-corrected chi connectivity index (χ1v) is 11.3. The molecule has 1 aromatic carbocycles. The number of urea groups is 1. The van der Waals surface area contributed by atoms with Crippen molar-refractivity contribution in [1.29, 1.82) is 0 Å². The van der Waals surface area contributed by atoms with Gasteiger partial charge in [-0.2, -0.15) is 0 Å². The molecule has 1 atom stereocenters. The zero-order chi connectivity index (χ0) is 21.4. The number of likely N-dealkylation sites (N-methyl/N-ethyl adjacent to an activating group) is 1. The molecule has 0 aliphatic carbocycles. The van der Waals surface area contributed by atoms with Crippen molar-refractivity contribution in [2.75, 3.05) is 50.2 Å². The maximum absolute atomic E-state index is 12.1. The van der Waals surface area contributed by atoms with Gasteiger partial charge in [-0.1, -0.05) is 0 Å². The SMILES string of the molecule is C=S(C)(=O)Cc1cc(NCCO)nc(-c2ccc(NC(=O)N(C)CCO)cc2)n1. The van der Waals surface area contributed by atoms with E-state index in [-0.39, 0.29) is 31.5 Å². The molecule has 0 bridgehead atoms. The van der Waals surface area contributed by atoms with Gasteiger partial charge in [-0.15, -0.1) is 0 Å². The fourth-order valence-corrected chi connectivity index (χ4v) is 3.23. The number of anilines is 2. The van der Waals surface area contributed by atoms with Crippen molar-refractivity contribution in [3.05, 3.63) is 36.0 Å². The molecule has 10 heteroatoms. The number of hydrogen-bond acceptors (Lipinski definition) is 7. The predicted octanol–water partition coefficient (Wildman–Crippen LogP) is 0.850. The van der Waals surface area contributed by atoms with Crippen LogP contribution in [0.4, 0.5) is 16.3 Å². The first kappa shape index (κ1) is 22.6. The second-order valence-electron chi connectivity index (χ2n) is 6.70.